The zero-order valence-electron chi connectivity index (χ0n) is 15.4. The van der Waals surface area contributed by atoms with Crippen molar-refractivity contribution in [1.82, 2.24) is 25.2 Å². The Balaban J connectivity index is 0.00000288. The molecule has 1 fully saturated rings. The number of hydrogen-bond donors (Lipinski definition) is 1. The molecular weight excluding hydrogens is 326 g/mol. The van der Waals surface area contributed by atoms with Gasteiger partial charge in [0.15, 0.2) is 5.69 Å². The first-order valence-corrected chi connectivity index (χ1v) is 8.99. The van der Waals surface area contributed by atoms with Gasteiger partial charge in [-0.1, -0.05) is 25.0 Å². The third kappa shape index (κ3) is 4.93. The average Bonchev–Trinajstić information content (AvgIpc) is 2.93. The van der Waals surface area contributed by atoms with Crippen LogP contribution in [0, 0.1) is 6.92 Å². The molecule has 138 valence electrons. The van der Waals surface area contributed by atoms with Crippen molar-refractivity contribution in [1.29, 1.82) is 0 Å². The fourth-order valence-corrected chi connectivity index (χ4v) is 3.20. The van der Waals surface area contributed by atoms with Crippen LogP contribution in [0.3, 0.4) is 0 Å². The van der Waals surface area contributed by atoms with Crippen molar-refractivity contribution in [3.8, 4) is 0 Å². The lowest BCUT2D eigenvalue weighted by Gasteiger charge is -2.26. The van der Waals surface area contributed by atoms with E-state index in [1.54, 1.807) is 0 Å². The summed E-state index contributed by atoms with van der Waals surface area (Å²) in [6, 6.07) is 0.542. The standard InChI is InChI=1S/C17H31N5O.ClH/c1-5-6-7-12-21(13(2)3)17(23)16-14(4)22(20-19-16)15-8-10-18-11-9-15;/h13,15,18H,5-12H2,1-4H3;1H. The Labute approximate surface area is 151 Å². The second-order valence-electron chi connectivity index (χ2n) is 6.75. The maximum atomic E-state index is 12.9. The number of piperidine rings is 1. The van der Waals surface area contributed by atoms with Gasteiger partial charge in [0.2, 0.25) is 0 Å². The summed E-state index contributed by atoms with van der Waals surface area (Å²) >= 11 is 0. The van der Waals surface area contributed by atoms with E-state index < -0.39 is 0 Å². The zero-order chi connectivity index (χ0) is 16.8. The van der Waals surface area contributed by atoms with Gasteiger partial charge < -0.3 is 10.2 Å². The molecule has 1 saturated heterocycles. The minimum atomic E-state index is 0. The molecule has 1 aromatic rings. The van der Waals surface area contributed by atoms with Gasteiger partial charge in [0, 0.05) is 12.6 Å². The molecule has 0 bridgehead atoms. The summed E-state index contributed by atoms with van der Waals surface area (Å²) in [5.74, 6) is 0.0220. The lowest BCUT2D eigenvalue weighted by Crippen LogP contribution is -2.38. The number of rotatable bonds is 7. The molecule has 0 radical (unpaired) electrons. The Bertz CT molecular complexity index is 511. The molecule has 0 unspecified atom stereocenters. The van der Waals surface area contributed by atoms with Crippen LogP contribution in [-0.2, 0) is 0 Å². The summed E-state index contributed by atoms with van der Waals surface area (Å²) < 4.78 is 1.96. The monoisotopic (exact) mass is 357 g/mol. The lowest BCUT2D eigenvalue weighted by molar-refractivity contribution is 0.0695. The quantitative estimate of drug-likeness (QED) is 0.762. The van der Waals surface area contributed by atoms with Crippen LogP contribution in [0.15, 0.2) is 0 Å². The highest BCUT2D eigenvalue weighted by molar-refractivity contribution is 5.93. The number of hydrogen-bond acceptors (Lipinski definition) is 4. The lowest BCUT2D eigenvalue weighted by atomic mass is 10.1. The number of aromatic nitrogens is 3. The number of nitrogens with one attached hydrogen (secondary N) is 1. The van der Waals surface area contributed by atoms with E-state index in [1.165, 1.54) is 0 Å². The Morgan fingerprint density at radius 3 is 2.58 bits per heavy atom. The zero-order valence-corrected chi connectivity index (χ0v) is 16.2. The first kappa shape index (κ1) is 20.9. The summed E-state index contributed by atoms with van der Waals surface area (Å²) in [4.78, 5) is 14.8. The van der Waals surface area contributed by atoms with Gasteiger partial charge in [-0.3, -0.25) is 4.79 Å². The first-order chi connectivity index (χ1) is 11.1. The van der Waals surface area contributed by atoms with Crippen LogP contribution in [-0.4, -0.2) is 51.5 Å². The van der Waals surface area contributed by atoms with Gasteiger partial charge in [0.05, 0.1) is 11.7 Å². The van der Waals surface area contributed by atoms with Gasteiger partial charge in [-0.25, -0.2) is 4.68 Å². The van der Waals surface area contributed by atoms with E-state index in [0.717, 1.165) is 57.4 Å². The Morgan fingerprint density at radius 1 is 1.33 bits per heavy atom. The number of carbonyl (C=O) groups excluding carboxylic acids is 1. The van der Waals surface area contributed by atoms with Gasteiger partial charge in [0.25, 0.3) is 5.91 Å². The van der Waals surface area contributed by atoms with Gasteiger partial charge in [-0.2, -0.15) is 0 Å². The minimum Gasteiger partial charge on any atom is -0.335 e. The van der Waals surface area contributed by atoms with Crippen molar-refractivity contribution < 1.29 is 4.79 Å². The van der Waals surface area contributed by atoms with Gasteiger partial charge in [-0.15, -0.1) is 17.5 Å². The Morgan fingerprint density at radius 2 is 2.00 bits per heavy atom. The van der Waals surface area contributed by atoms with Crippen LogP contribution in [0.2, 0.25) is 0 Å². The second-order valence-corrected chi connectivity index (χ2v) is 6.75. The van der Waals surface area contributed by atoms with Crippen LogP contribution < -0.4 is 5.32 Å². The smallest absolute Gasteiger partial charge is 0.276 e. The molecule has 7 heteroatoms. The van der Waals surface area contributed by atoms with Gasteiger partial charge in [-0.05, 0) is 53.1 Å². The molecule has 0 aromatic carbocycles. The van der Waals surface area contributed by atoms with Crippen molar-refractivity contribution in [3.63, 3.8) is 0 Å². The number of carbonyl (C=O) groups is 1. The van der Waals surface area contributed by atoms with Crippen molar-refractivity contribution in [3.05, 3.63) is 11.4 Å². The molecule has 6 nitrogen and oxygen atoms in total. The summed E-state index contributed by atoms with van der Waals surface area (Å²) in [6.45, 7) is 11.1. The van der Waals surface area contributed by atoms with Crippen LogP contribution in [0.25, 0.3) is 0 Å². The minimum absolute atomic E-state index is 0. The summed E-state index contributed by atoms with van der Waals surface area (Å²) in [5.41, 5.74) is 1.43. The van der Waals surface area contributed by atoms with E-state index in [9.17, 15) is 4.79 Å². The Hall–Kier alpha value is -1.14. The highest BCUT2D eigenvalue weighted by atomic mass is 35.5. The van der Waals surface area contributed by atoms with E-state index in [-0.39, 0.29) is 24.4 Å². The van der Waals surface area contributed by atoms with Gasteiger partial charge in [0.1, 0.15) is 0 Å². The first-order valence-electron chi connectivity index (χ1n) is 8.99. The van der Waals surface area contributed by atoms with Gasteiger partial charge >= 0.3 is 0 Å². The van der Waals surface area contributed by atoms with Crippen LogP contribution in [0.5, 0.6) is 0 Å². The average molecular weight is 358 g/mol. The largest absolute Gasteiger partial charge is 0.335 e. The fraction of sp³-hybridized carbons (Fsp3) is 0.824. The molecular formula is C17H32ClN5O. The van der Waals surface area contributed by atoms with E-state index in [1.807, 2.05) is 16.5 Å². The highest BCUT2D eigenvalue weighted by Crippen LogP contribution is 2.21. The van der Waals surface area contributed by atoms with Crippen molar-refractivity contribution in [2.45, 2.75) is 71.9 Å². The van der Waals surface area contributed by atoms with E-state index in [4.69, 9.17) is 0 Å². The maximum Gasteiger partial charge on any atom is 0.276 e. The maximum absolute atomic E-state index is 12.9. The molecule has 1 aromatic heterocycles. The van der Waals surface area contributed by atoms with Crippen LogP contribution >= 0.6 is 12.4 Å². The molecule has 0 atom stereocenters. The normalized spacial score (nSPS) is 15.4. The summed E-state index contributed by atoms with van der Waals surface area (Å²) in [6.07, 6.45) is 5.44. The topological polar surface area (TPSA) is 63.1 Å². The number of nitrogens with zero attached hydrogens (tertiary/aromatic N) is 4. The molecule has 1 amide bonds. The summed E-state index contributed by atoms with van der Waals surface area (Å²) in [5, 5.41) is 11.9. The number of unbranched alkanes of at least 4 members (excludes halogenated alkanes) is 2. The number of halogens is 1. The van der Waals surface area contributed by atoms with E-state index >= 15 is 0 Å². The second kappa shape index (κ2) is 9.99. The SMILES string of the molecule is CCCCCN(C(=O)c1nnn(C2CCNCC2)c1C)C(C)C.Cl. The molecule has 0 spiro atoms. The van der Waals surface area contributed by atoms with Crippen molar-refractivity contribution >= 4 is 18.3 Å². The third-order valence-electron chi connectivity index (χ3n) is 4.67. The molecule has 1 aliphatic heterocycles. The molecule has 0 saturated carbocycles. The van der Waals surface area contributed by atoms with E-state index in [0.29, 0.717) is 11.7 Å². The summed E-state index contributed by atoms with van der Waals surface area (Å²) in [7, 11) is 0. The molecule has 24 heavy (non-hydrogen) atoms. The highest BCUT2D eigenvalue weighted by Gasteiger charge is 2.26. The van der Waals surface area contributed by atoms with E-state index in [2.05, 4.69) is 36.4 Å². The molecule has 1 aliphatic rings. The van der Waals surface area contributed by atoms with Crippen LogP contribution in [0.1, 0.15) is 75.1 Å². The molecule has 0 aliphatic carbocycles. The molecule has 2 rings (SSSR count). The molecule has 1 N–H and O–H groups in total. The number of amides is 1. The van der Waals surface area contributed by atoms with Crippen LogP contribution in [0.4, 0.5) is 0 Å². The third-order valence-corrected chi connectivity index (χ3v) is 4.67. The van der Waals surface area contributed by atoms with Crippen molar-refractivity contribution in [2.24, 2.45) is 0 Å². The molecule has 2 heterocycles. The Kier molecular flexibility index (Phi) is 8.70. The predicted molar refractivity (Wildman–Crippen MR) is 98.8 cm³/mol. The predicted octanol–water partition coefficient (Wildman–Crippen LogP) is 2.97. The van der Waals surface area contributed by atoms with Crippen molar-refractivity contribution in [2.75, 3.05) is 19.6 Å². The fourth-order valence-electron chi connectivity index (χ4n) is 3.20.